The Morgan fingerprint density at radius 2 is 2.13 bits per heavy atom. The van der Waals surface area contributed by atoms with Gasteiger partial charge in [0.1, 0.15) is 6.04 Å². The first-order valence-electron chi connectivity index (χ1n) is 7.82. The van der Waals surface area contributed by atoms with E-state index < -0.39 is 18.1 Å². The molecular formula is C15H24N4O4. The standard InChI is InChI=1S/C15H24N4O4/c1-10(2)7-11(15(22)19-3-5-23-6-4-19)18-14(21)13(20)12-8-16-9-17-12/h8-11,13,20H,3-7H2,1-2H3,(H,16,17)(H,18,21)/t11-,13?/m0/s1. The third-order valence-corrected chi connectivity index (χ3v) is 3.71. The van der Waals surface area contributed by atoms with Crippen LogP contribution in [0.5, 0.6) is 0 Å². The number of H-pyrrole nitrogens is 1. The van der Waals surface area contributed by atoms with Gasteiger partial charge >= 0.3 is 0 Å². The molecule has 0 radical (unpaired) electrons. The van der Waals surface area contributed by atoms with Crippen LogP contribution in [-0.4, -0.2) is 64.1 Å². The van der Waals surface area contributed by atoms with Crippen molar-refractivity contribution in [3.8, 4) is 0 Å². The van der Waals surface area contributed by atoms with Crippen molar-refractivity contribution in [1.82, 2.24) is 20.2 Å². The van der Waals surface area contributed by atoms with Crippen molar-refractivity contribution in [3.05, 3.63) is 18.2 Å². The van der Waals surface area contributed by atoms with Gasteiger partial charge in [-0.15, -0.1) is 0 Å². The van der Waals surface area contributed by atoms with E-state index in [4.69, 9.17) is 4.74 Å². The number of nitrogens with zero attached hydrogens (tertiary/aromatic N) is 2. The number of carbonyl (C=O) groups excluding carboxylic acids is 2. The highest BCUT2D eigenvalue weighted by atomic mass is 16.5. The number of morpholine rings is 1. The van der Waals surface area contributed by atoms with E-state index in [0.717, 1.165) is 0 Å². The van der Waals surface area contributed by atoms with Crippen LogP contribution in [0, 0.1) is 5.92 Å². The summed E-state index contributed by atoms with van der Waals surface area (Å²) in [5.41, 5.74) is 0.296. The molecule has 1 aliphatic heterocycles. The molecule has 0 aromatic carbocycles. The Labute approximate surface area is 135 Å². The first-order chi connectivity index (χ1) is 11.0. The van der Waals surface area contributed by atoms with Crippen LogP contribution in [-0.2, 0) is 14.3 Å². The van der Waals surface area contributed by atoms with Crippen molar-refractivity contribution in [2.75, 3.05) is 26.3 Å². The fourth-order valence-corrected chi connectivity index (χ4v) is 2.51. The van der Waals surface area contributed by atoms with E-state index in [2.05, 4.69) is 15.3 Å². The number of rotatable bonds is 6. The van der Waals surface area contributed by atoms with Crippen LogP contribution in [0.1, 0.15) is 32.1 Å². The molecule has 2 heterocycles. The van der Waals surface area contributed by atoms with E-state index in [1.165, 1.54) is 12.5 Å². The second kappa shape index (κ2) is 8.07. The highest BCUT2D eigenvalue weighted by Crippen LogP contribution is 2.13. The summed E-state index contributed by atoms with van der Waals surface area (Å²) in [7, 11) is 0. The molecule has 1 aromatic rings. The summed E-state index contributed by atoms with van der Waals surface area (Å²) in [4.78, 5) is 33.0. The van der Waals surface area contributed by atoms with Gasteiger partial charge in [-0.2, -0.15) is 0 Å². The minimum absolute atomic E-state index is 0.132. The van der Waals surface area contributed by atoms with E-state index in [1.807, 2.05) is 13.8 Å². The zero-order valence-corrected chi connectivity index (χ0v) is 13.5. The molecule has 1 saturated heterocycles. The van der Waals surface area contributed by atoms with Crippen LogP contribution in [0.15, 0.2) is 12.5 Å². The van der Waals surface area contributed by atoms with Gasteiger partial charge in [0.15, 0.2) is 6.10 Å². The topological polar surface area (TPSA) is 108 Å². The summed E-state index contributed by atoms with van der Waals surface area (Å²) in [6.07, 6.45) is 1.91. The van der Waals surface area contributed by atoms with Crippen LogP contribution in [0.25, 0.3) is 0 Å². The van der Waals surface area contributed by atoms with Crippen molar-refractivity contribution < 1.29 is 19.4 Å². The number of amides is 2. The minimum atomic E-state index is -1.37. The smallest absolute Gasteiger partial charge is 0.255 e. The summed E-state index contributed by atoms with van der Waals surface area (Å²) < 4.78 is 5.25. The fourth-order valence-electron chi connectivity index (χ4n) is 2.51. The molecule has 8 heteroatoms. The van der Waals surface area contributed by atoms with Gasteiger partial charge in [-0.05, 0) is 12.3 Å². The number of nitrogens with one attached hydrogen (secondary N) is 2. The molecule has 1 fully saturated rings. The van der Waals surface area contributed by atoms with Crippen molar-refractivity contribution in [3.63, 3.8) is 0 Å². The largest absolute Gasteiger partial charge is 0.378 e. The Kier molecular flexibility index (Phi) is 6.12. The zero-order valence-electron chi connectivity index (χ0n) is 13.5. The molecule has 128 valence electrons. The predicted octanol–water partition coefficient (Wildman–Crippen LogP) is -0.167. The molecular weight excluding hydrogens is 300 g/mol. The van der Waals surface area contributed by atoms with Crippen LogP contribution in [0.2, 0.25) is 0 Å². The number of aromatic nitrogens is 2. The van der Waals surface area contributed by atoms with E-state index in [-0.39, 0.29) is 11.8 Å². The Balaban J connectivity index is 2.02. The van der Waals surface area contributed by atoms with E-state index in [1.54, 1.807) is 4.90 Å². The molecule has 2 atom stereocenters. The third kappa shape index (κ3) is 4.77. The zero-order chi connectivity index (χ0) is 16.8. The highest BCUT2D eigenvalue weighted by molar-refractivity contribution is 5.89. The number of aliphatic hydroxyl groups is 1. The number of aromatic amines is 1. The molecule has 1 unspecified atom stereocenters. The Morgan fingerprint density at radius 3 is 2.70 bits per heavy atom. The maximum atomic E-state index is 12.6. The van der Waals surface area contributed by atoms with E-state index >= 15 is 0 Å². The van der Waals surface area contributed by atoms with E-state index in [0.29, 0.717) is 38.4 Å². The van der Waals surface area contributed by atoms with Crippen LogP contribution < -0.4 is 5.32 Å². The molecule has 0 saturated carbocycles. The van der Waals surface area contributed by atoms with Crippen LogP contribution in [0.3, 0.4) is 0 Å². The molecule has 23 heavy (non-hydrogen) atoms. The lowest BCUT2D eigenvalue weighted by Gasteiger charge is -2.31. The van der Waals surface area contributed by atoms with Crippen molar-refractivity contribution in [1.29, 1.82) is 0 Å². The van der Waals surface area contributed by atoms with Crippen LogP contribution >= 0.6 is 0 Å². The lowest BCUT2D eigenvalue weighted by atomic mass is 10.0. The summed E-state index contributed by atoms with van der Waals surface area (Å²) in [5, 5.41) is 12.7. The number of hydrogen-bond acceptors (Lipinski definition) is 5. The maximum absolute atomic E-state index is 12.6. The maximum Gasteiger partial charge on any atom is 0.255 e. The number of carbonyl (C=O) groups is 2. The molecule has 3 N–H and O–H groups in total. The fraction of sp³-hybridized carbons (Fsp3) is 0.667. The molecule has 1 aromatic heterocycles. The number of hydrogen-bond donors (Lipinski definition) is 3. The molecule has 0 spiro atoms. The molecule has 2 rings (SSSR count). The Bertz CT molecular complexity index is 512. The van der Waals surface area contributed by atoms with Crippen molar-refractivity contribution in [2.45, 2.75) is 32.4 Å². The monoisotopic (exact) mass is 324 g/mol. The summed E-state index contributed by atoms with van der Waals surface area (Å²) in [6, 6.07) is -0.654. The van der Waals surface area contributed by atoms with E-state index in [9.17, 15) is 14.7 Å². The average Bonchev–Trinajstić information content (AvgIpc) is 3.07. The van der Waals surface area contributed by atoms with Gasteiger partial charge in [0.05, 0.1) is 31.4 Å². The minimum Gasteiger partial charge on any atom is -0.378 e. The van der Waals surface area contributed by atoms with Gasteiger partial charge < -0.3 is 25.0 Å². The van der Waals surface area contributed by atoms with Gasteiger partial charge in [0.25, 0.3) is 5.91 Å². The molecule has 1 aliphatic rings. The second-order valence-electron chi connectivity index (χ2n) is 6.04. The normalized spacial score (nSPS) is 17.8. The van der Waals surface area contributed by atoms with Gasteiger partial charge in [-0.25, -0.2) is 4.98 Å². The number of imidazole rings is 1. The van der Waals surface area contributed by atoms with Gasteiger partial charge in [-0.3, -0.25) is 9.59 Å². The Hall–Kier alpha value is -1.93. The van der Waals surface area contributed by atoms with Crippen LogP contribution in [0.4, 0.5) is 0 Å². The lowest BCUT2D eigenvalue weighted by Crippen LogP contribution is -2.53. The number of aliphatic hydroxyl groups excluding tert-OH is 1. The summed E-state index contributed by atoms with van der Waals surface area (Å²) in [5.74, 6) is -0.511. The van der Waals surface area contributed by atoms with Crippen molar-refractivity contribution in [2.24, 2.45) is 5.92 Å². The molecule has 0 aliphatic carbocycles. The first-order valence-corrected chi connectivity index (χ1v) is 7.82. The third-order valence-electron chi connectivity index (χ3n) is 3.71. The molecule has 8 nitrogen and oxygen atoms in total. The van der Waals surface area contributed by atoms with Crippen molar-refractivity contribution >= 4 is 11.8 Å². The predicted molar refractivity (Wildman–Crippen MR) is 82.3 cm³/mol. The SMILES string of the molecule is CC(C)C[C@H](NC(=O)C(O)c1cnc[nH]1)C(=O)N1CCOCC1. The van der Waals surface area contributed by atoms with Gasteiger partial charge in [0.2, 0.25) is 5.91 Å². The highest BCUT2D eigenvalue weighted by Gasteiger charge is 2.30. The first kappa shape index (κ1) is 17.4. The number of ether oxygens (including phenoxy) is 1. The quantitative estimate of drug-likeness (QED) is 0.673. The van der Waals surface area contributed by atoms with Gasteiger partial charge in [0, 0.05) is 13.1 Å². The summed E-state index contributed by atoms with van der Waals surface area (Å²) in [6.45, 7) is 6.02. The average molecular weight is 324 g/mol. The summed E-state index contributed by atoms with van der Waals surface area (Å²) >= 11 is 0. The second-order valence-corrected chi connectivity index (χ2v) is 6.04. The molecule has 0 bridgehead atoms. The lowest BCUT2D eigenvalue weighted by molar-refractivity contribution is -0.142. The van der Waals surface area contributed by atoms with Gasteiger partial charge in [-0.1, -0.05) is 13.8 Å². The molecule has 2 amide bonds. The Morgan fingerprint density at radius 1 is 1.43 bits per heavy atom.